The molecule has 4 saturated heterocycles. The van der Waals surface area contributed by atoms with Gasteiger partial charge in [0.25, 0.3) is 0 Å². The summed E-state index contributed by atoms with van der Waals surface area (Å²) in [4.78, 5) is 0. The van der Waals surface area contributed by atoms with E-state index in [1.807, 2.05) is 0 Å². The van der Waals surface area contributed by atoms with Gasteiger partial charge < -0.3 is 14.6 Å². The van der Waals surface area contributed by atoms with E-state index in [-0.39, 0.29) is 23.4 Å². The van der Waals surface area contributed by atoms with Gasteiger partial charge in [-0.3, -0.25) is 0 Å². The van der Waals surface area contributed by atoms with Crippen LogP contribution < -0.4 is 0 Å². The zero-order chi connectivity index (χ0) is 15.3. The molecule has 0 aromatic rings. The highest BCUT2D eigenvalue weighted by Crippen LogP contribution is 2.48. The molecule has 5 nitrogen and oxygen atoms in total. The first-order valence-electron chi connectivity index (χ1n) is 8.40. The molecule has 0 spiro atoms. The lowest BCUT2D eigenvalue weighted by Gasteiger charge is -2.52. The third-order valence-electron chi connectivity index (χ3n) is 5.60. The van der Waals surface area contributed by atoms with Crippen LogP contribution in [0, 0.1) is 5.92 Å². The molecule has 5 fully saturated rings. The Bertz CT molecular complexity index is 478. The molecule has 0 aromatic heterocycles. The largest absolute Gasteiger partial charge is 0.364 e. The first-order chi connectivity index (χ1) is 10.5. The zero-order valence-corrected chi connectivity index (χ0v) is 14.4. The average molecular weight is 349 g/mol. The van der Waals surface area contributed by atoms with Crippen molar-refractivity contribution in [3.05, 3.63) is 0 Å². The van der Waals surface area contributed by atoms with Gasteiger partial charge in [-0.15, -0.1) is 0 Å². The van der Waals surface area contributed by atoms with Crippen molar-refractivity contribution in [3.8, 4) is 0 Å². The highest BCUT2D eigenvalue weighted by atomic mass is 32.2. The average Bonchev–Trinajstić information content (AvgIpc) is 2.46. The lowest BCUT2D eigenvalue weighted by Crippen LogP contribution is -2.62. The maximum atomic E-state index is 12.1. The van der Waals surface area contributed by atoms with Gasteiger partial charge in [0.2, 0.25) is 6.29 Å². The molecule has 7 heteroatoms. The molecule has 5 aliphatic rings. The van der Waals surface area contributed by atoms with Crippen LogP contribution in [0.5, 0.6) is 0 Å². The first kappa shape index (κ1) is 15.7. The molecule has 6 unspecified atom stereocenters. The van der Waals surface area contributed by atoms with Crippen molar-refractivity contribution < 1.29 is 23.0 Å². The summed E-state index contributed by atoms with van der Waals surface area (Å²) in [6.07, 6.45) is 4.65. The van der Waals surface area contributed by atoms with Crippen LogP contribution in [0.15, 0.2) is 0 Å². The van der Waals surface area contributed by atoms with Gasteiger partial charge in [-0.25, -0.2) is 8.42 Å². The maximum Gasteiger partial charge on any atom is 0.200 e. The SMILES string of the molecule is O=S1(=O)C2CC3CC1OC(C2)C3OC(O)C[S+]1CCCCC1. The van der Waals surface area contributed by atoms with Crippen LogP contribution in [0.3, 0.4) is 0 Å². The predicted octanol–water partition coefficient (Wildman–Crippen LogP) is 0.814. The number of aliphatic hydroxyl groups is 1. The predicted molar refractivity (Wildman–Crippen MR) is 85.4 cm³/mol. The lowest BCUT2D eigenvalue weighted by molar-refractivity contribution is -0.224. The second-order valence-corrected chi connectivity index (χ2v) is 11.8. The smallest absolute Gasteiger partial charge is 0.200 e. The number of ether oxygens (including phenoxy) is 2. The standard InChI is InChI=1S/C15H25O5S2/c16-13(9-21-4-2-1-3-5-21)20-15-10-6-11-8-12(15)19-14(7-10)22(11,17)18/h10-16H,1-9H2/q+1. The van der Waals surface area contributed by atoms with Gasteiger partial charge in [-0.2, -0.15) is 0 Å². The molecular weight excluding hydrogens is 324 g/mol. The van der Waals surface area contributed by atoms with Crippen molar-refractivity contribution in [1.29, 1.82) is 0 Å². The zero-order valence-electron chi connectivity index (χ0n) is 12.7. The monoisotopic (exact) mass is 349 g/mol. The summed E-state index contributed by atoms with van der Waals surface area (Å²) in [7, 11) is -2.79. The molecule has 1 saturated carbocycles. The number of hydrogen-bond donors (Lipinski definition) is 1. The van der Waals surface area contributed by atoms with Crippen molar-refractivity contribution >= 4 is 20.7 Å². The van der Waals surface area contributed by atoms with E-state index in [9.17, 15) is 13.5 Å². The van der Waals surface area contributed by atoms with Crippen molar-refractivity contribution in [2.75, 3.05) is 17.3 Å². The Labute approximate surface area is 135 Å². The molecule has 4 bridgehead atoms. The van der Waals surface area contributed by atoms with Crippen LogP contribution in [0.1, 0.15) is 38.5 Å². The van der Waals surface area contributed by atoms with E-state index < -0.39 is 21.6 Å². The molecule has 0 aromatic carbocycles. The summed E-state index contributed by atoms with van der Waals surface area (Å²) in [5.41, 5.74) is -0.618. The second-order valence-electron chi connectivity index (χ2n) is 7.09. The Morgan fingerprint density at radius 2 is 1.95 bits per heavy atom. The Balaban J connectivity index is 1.36. The number of sulfone groups is 1. The van der Waals surface area contributed by atoms with Crippen molar-refractivity contribution in [1.82, 2.24) is 0 Å². The van der Waals surface area contributed by atoms with E-state index in [4.69, 9.17) is 9.47 Å². The number of aliphatic hydroxyl groups excluding tert-OH is 1. The normalized spacial score (nSPS) is 45.0. The summed E-state index contributed by atoms with van der Waals surface area (Å²) in [6.45, 7) is 0. The molecule has 1 N–H and O–H groups in total. The van der Waals surface area contributed by atoms with E-state index in [0.717, 1.165) is 5.75 Å². The van der Waals surface area contributed by atoms with Crippen LogP contribution in [-0.4, -0.2) is 60.0 Å². The Hall–Kier alpha value is 0.180. The van der Waals surface area contributed by atoms with E-state index in [1.54, 1.807) is 0 Å². The van der Waals surface area contributed by atoms with Gasteiger partial charge in [-0.1, -0.05) is 0 Å². The fourth-order valence-electron chi connectivity index (χ4n) is 4.50. The fraction of sp³-hybridized carbons (Fsp3) is 1.00. The second kappa shape index (κ2) is 5.92. The Morgan fingerprint density at radius 1 is 1.18 bits per heavy atom. The molecule has 0 amide bonds. The van der Waals surface area contributed by atoms with Crippen LogP contribution in [-0.2, 0) is 30.2 Å². The van der Waals surface area contributed by atoms with Crippen LogP contribution in [0.4, 0.5) is 0 Å². The summed E-state index contributed by atoms with van der Waals surface area (Å²) >= 11 is 0. The van der Waals surface area contributed by atoms with Crippen LogP contribution in [0.2, 0.25) is 0 Å². The molecular formula is C15H25O5S2+. The number of rotatable bonds is 4. The third-order valence-corrected chi connectivity index (χ3v) is 10.4. The van der Waals surface area contributed by atoms with Gasteiger partial charge in [0.1, 0.15) is 11.5 Å². The summed E-state index contributed by atoms with van der Waals surface area (Å²) < 4.78 is 35.9. The molecule has 22 heavy (non-hydrogen) atoms. The summed E-state index contributed by atoms with van der Waals surface area (Å²) in [5.74, 6) is 3.41. The Kier molecular flexibility index (Phi) is 4.22. The van der Waals surface area contributed by atoms with Gasteiger partial charge in [0, 0.05) is 0 Å². The summed E-state index contributed by atoms with van der Waals surface area (Å²) in [5, 5.41) is 10.1. The maximum absolute atomic E-state index is 12.1. The quantitative estimate of drug-likeness (QED) is 0.601. The van der Waals surface area contributed by atoms with Gasteiger partial charge >= 0.3 is 0 Å². The lowest BCUT2D eigenvalue weighted by atomic mass is 9.79. The van der Waals surface area contributed by atoms with E-state index in [1.165, 1.54) is 30.8 Å². The van der Waals surface area contributed by atoms with Crippen molar-refractivity contribution in [2.45, 2.75) is 67.7 Å². The first-order valence-corrected chi connectivity index (χ1v) is 11.7. The van der Waals surface area contributed by atoms with Gasteiger partial charge in [0.05, 0.1) is 17.5 Å². The fourth-order valence-corrected chi connectivity index (χ4v) is 8.96. The van der Waals surface area contributed by atoms with Crippen molar-refractivity contribution in [3.63, 3.8) is 0 Å². The van der Waals surface area contributed by atoms with Gasteiger partial charge in [-0.05, 0) is 55.3 Å². The minimum atomic E-state index is -3.08. The van der Waals surface area contributed by atoms with Crippen LogP contribution >= 0.6 is 0 Å². The molecule has 126 valence electrons. The van der Waals surface area contributed by atoms with E-state index in [2.05, 4.69) is 0 Å². The molecule has 4 heterocycles. The van der Waals surface area contributed by atoms with E-state index in [0.29, 0.717) is 30.2 Å². The van der Waals surface area contributed by atoms with Crippen LogP contribution in [0.25, 0.3) is 0 Å². The Morgan fingerprint density at radius 3 is 2.64 bits per heavy atom. The molecule has 6 atom stereocenters. The molecule has 4 aliphatic heterocycles. The number of hydrogen-bond acceptors (Lipinski definition) is 5. The van der Waals surface area contributed by atoms with E-state index >= 15 is 0 Å². The van der Waals surface area contributed by atoms with Crippen molar-refractivity contribution in [2.24, 2.45) is 5.92 Å². The third kappa shape index (κ3) is 2.73. The van der Waals surface area contributed by atoms with Gasteiger partial charge in [0.15, 0.2) is 21.0 Å². The highest BCUT2D eigenvalue weighted by molar-refractivity contribution is 7.96. The summed E-state index contributed by atoms with van der Waals surface area (Å²) in [6, 6.07) is 0. The molecule has 0 radical (unpaired) electrons. The molecule has 1 aliphatic carbocycles. The molecule has 5 rings (SSSR count). The topological polar surface area (TPSA) is 72.8 Å². The minimum absolute atomic E-state index is 0.119. The minimum Gasteiger partial charge on any atom is -0.364 e. The highest BCUT2D eigenvalue weighted by Gasteiger charge is 2.58.